The molecule has 5 heteroatoms. The molecule has 1 fully saturated rings. The van der Waals surface area contributed by atoms with Crippen molar-refractivity contribution in [1.29, 1.82) is 5.26 Å². The molecule has 0 bridgehead atoms. The lowest BCUT2D eigenvalue weighted by atomic mass is 10.1. The minimum atomic E-state index is -1.12. The van der Waals surface area contributed by atoms with Crippen molar-refractivity contribution in [2.75, 3.05) is 12.3 Å². The summed E-state index contributed by atoms with van der Waals surface area (Å²) in [5.41, 5.74) is 0.514. The van der Waals surface area contributed by atoms with Crippen LogP contribution in [0.2, 0.25) is 0 Å². The Kier molecular flexibility index (Phi) is 4.24. The standard InChI is InChI=1S/C12H15N3OS/c13-8-10-4-6-15-12(7-10)17(16)9-11-3-1-2-5-14-11/h4,6-7,11,14H,1-3,5,9H2/t11-,17+/m1/s1. The predicted molar refractivity (Wildman–Crippen MR) is 65.9 cm³/mol. The fraction of sp³-hybridized carbons (Fsp3) is 0.500. The van der Waals surface area contributed by atoms with Crippen molar-refractivity contribution in [2.45, 2.75) is 30.3 Å². The second kappa shape index (κ2) is 5.89. The van der Waals surface area contributed by atoms with Crippen LogP contribution in [0.3, 0.4) is 0 Å². The van der Waals surface area contributed by atoms with E-state index in [9.17, 15) is 4.21 Å². The van der Waals surface area contributed by atoms with E-state index in [2.05, 4.69) is 10.3 Å². The van der Waals surface area contributed by atoms with Crippen LogP contribution in [0.5, 0.6) is 0 Å². The van der Waals surface area contributed by atoms with Crippen molar-refractivity contribution in [3.8, 4) is 6.07 Å². The highest BCUT2D eigenvalue weighted by atomic mass is 32.2. The van der Waals surface area contributed by atoms with E-state index in [4.69, 9.17) is 5.26 Å². The molecule has 0 spiro atoms. The van der Waals surface area contributed by atoms with Crippen molar-refractivity contribution in [3.63, 3.8) is 0 Å². The molecule has 17 heavy (non-hydrogen) atoms. The Balaban J connectivity index is 2.01. The van der Waals surface area contributed by atoms with Gasteiger partial charge in [0.25, 0.3) is 0 Å². The molecular weight excluding hydrogens is 234 g/mol. The second-order valence-electron chi connectivity index (χ2n) is 4.15. The summed E-state index contributed by atoms with van der Waals surface area (Å²) in [4.78, 5) is 4.07. The van der Waals surface area contributed by atoms with Crippen LogP contribution in [0.4, 0.5) is 0 Å². The maximum absolute atomic E-state index is 12.1. The first-order valence-corrected chi connectivity index (χ1v) is 7.09. The summed E-state index contributed by atoms with van der Waals surface area (Å²) in [6, 6.07) is 5.59. The lowest BCUT2D eigenvalue weighted by Gasteiger charge is -2.22. The van der Waals surface area contributed by atoms with E-state index in [-0.39, 0.29) is 0 Å². The highest BCUT2D eigenvalue weighted by Gasteiger charge is 2.17. The SMILES string of the molecule is N#Cc1ccnc([S@@](=O)C[C@H]2CCCCN2)c1. The number of nitrogens with one attached hydrogen (secondary N) is 1. The van der Waals surface area contributed by atoms with Gasteiger partial charge in [-0.2, -0.15) is 5.26 Å². The zero-order chi connectivity index (χ0) is 12.1. The molecular formula is C12H15N3OS. The van der Waals surface area contributed by atoms with Crippen LogP contribution in [-0.2, 0) is 10.8 Å². The maximum atomic E-state index is 12.1. The lowest BCUT2D eigenvalue weighted by Crippen LogP contribution is -2.38. The van der Waals surface area contributed by atoms with Crippen LogP contribution in [0.15, 0.2) is 23.4 Å². The average molecular weight is 249 g/mol. The van der Waals surface area contributed by atoms with Gasteiger partial charge in [-0.05, 0) is 31.5 Å². The van der Waals surface area contributed by atoms with Crippen LogP contribution < -0.4 is 5.32 Å². The van der Waals surface area contributed by atoms with Crippen molar-refractivity contribution >= 4 is 10.8 Å². The third kappa shape index (κ3) is 3.35. The number of hydrogen-bond donors (Lipinski definition) is 1. The number of aromatic nitrogens is 1. The lowest BCUT2D eigenvalue weighted by molar-refractivity contribution is 0.427. The Morgan fingerprint density at radius 1 is 1.59 bits per heavy atom. The zero-order valence-electron chi connectivity index (χ0n) is 9.56. The van der Waals surface area contributed by atoms with Gasteiger partial charge in [0.05, 0.1) is 22.4 Å². The van der Waals surface area contributed by atoms with Gasteiger partial charge in [0, 0.05) is 18.0 Å². The van der Waals surface area contributed by atoms with Gasteiger partial charge in [-0.1, -0.05) is 6.42 Å². The Morgan fingerprint density at radius 3 is 3.18 bits per heavy atom. The van der Waals surface area contributed by atoms with Crippen LogP contribution in [0.1, 0.15) is 24.8 Å². The molecule has 4 nitrogen and oxygen atoms in total. The molecule has 0 aromatic carbocycles. The van der Waals surface area contributed by atoms with Gasteiger partial charge in [0.1, 0.15) is 5.03 Å². The number of piperidine rings is 1. The van der Waals surface area contributed by atoms with Crippen molar-refractivity contribution in [1.82, 2.24) is 10.3 Å². The quantitative estimate of drug-likeness (QED) is 0.874. The van der Waals surface area contributed by atoms with E-state index in [1.54, 1.807) is 18.3 Å². The summed E-state index contributed by atoms with van der Waals surface area (Å²) >= 11 is 0. The van der Waals surface area contributed by atoms with Crippen molar-refractivity contribution in [2.24, 2.45) is 0 Å². The van der Waals surface area contributed by atoms with Crippen molar-refractivity contribution in [3.05, 3.63) is 23.9 Å². The monoisotopic (exact) mass is 249 g/mol. The Hall–Kier alpha value is -1.25. The summed E-state index contributed by atoms with van der Waals surface area (Å²) in [7, 11) is -1.12. The summed E-state index contributed by atoms with van der Waals surface area (Å²) < 4.78 is 12.1. The summed E-state index contributed by atoms with van der Waals surface area (Å²) in [5.74, 6) is 0.585. The van der Waals surface area contributed by atoms with E-state index >= 15 is 0 Å². The topological polar surface area (TPSA) is 65.8 Å². The van der Waals surface area contributed by atoms with Gasteiger partial charge in [-0.3, -0.25) is 4.21 Å². The fourth-order valence-electron chi connectivity index (χ4n) is 1.94. The molecule has 1 saturated heterocycles. The Bertz CT molecular complexity index is 449. The zero-order valence-corrected chi connectivity index (χ0v) is 10.4. The second-order valence-corrected chi connectivity index (χ2v) is 5.60. The molecule has 2 heterocycles. The molecule has 0 saturated carbocycles. The minimum absolute atomic E-state index is 0.317. The van der Waals surface area contributed by atoms with Gasteiger partial charge in [0.15, 0.2) is 0 Å². The fourth-order valence-corrected chi connectivity index (χ4v) is 3.20. The first-order chi connectivity index (χ1) is 8.29. The van der Waals surface area contributed by atoms with Crippen LogP contribution in [-0.4, -0.2) is 27.5 Å². The minimum Gasteiger partial charge on any atom is -0.313 e. The van der Waals surface area contributed by atoms with E-state index in [1.165, 1.54) is 12.8 Å². The maximum Gasteiger partial charge on any atom is 0.128 e. The van der Waals surface area contributed by atoms with Crippen molar-refractivity contribution < 1.29 is 4.21 Å². The van der Waals surface area contributed by atoms with Gasteiger partial charge in [-0.15, -0.1) is 0 Å². The normalized spacial score (nSPS) is 21.7. The van der Waals surface area contributed by atoms with Crippen LogP contribution in [0, 0.1) is 11.3 Å². The molecule has 2 rings (SSSR count). The molecule has 0 aliphatic carbocycles. The Labute approximate surface area is 104 Å². The first-order valence-electron chi connectivity index (χ1n) is 5.77. The largest absolute Gasteiger partial charge is 0.313 e. The molecule has 90 valence electrons. The highest BCUT2D eigenvalue weighted by Crippen LogP contribution is 2.12. The number of nitrogens with zero attached hydrogens (tertiary/aromatic N) is 2. The van der Waals surface area contributed by atoms with Gasteiger partial charge in [-0.25, -0.2) is 4.98 Å². The third-order valence-corrected chi connectivity index (χ3v) is 4.26. The molecule has 0 amide bonds. The number of nitriles is 1. The molecule has 2 atom stereocenters. The molecule has 1 N–H and O–H groups in total. The number of hydrogen-bond acceptors (Lipinski definition) is 4. The van der Waals surface area contributed by atoms with Gasteiger partial charge >= 0.3 is 0 Å². The van der Waals surface area contributed by atoms with Gasteiger partial charge < -0.3 is 5.32 Å². The van der Waals surface area contributed by atoms with E-state index in [0.717, 1.165) is 13.0 Å². The average Bonchev–Trinajstić information content (AvgIpc) is 2.40. The summed E-state index contributed by atoms with van der Waals surface area (Å²) in [5, 5.41) is 12.6. The predicted octanol–water partition coefficient (Wildman–Crippen LogP) is 1.20. The highest BCUT2D eigenvalue weighted by molar-refractivity contribution is 7.85. The van der Waals surface area contributed by atoms with Crippen LogP contribution >= 0.6 is 0 Å². The van der Waals surface area contributed by atoms with Gasteiger partial charge in [0.2, 0.25) is 0 Å². The summed E-state index contributed by atoms with van der Waals surface area (Å²) in [6.45, 7) is 1.01. The molecule has 0 radical (unpaired) electrons. The molecule has 1 aliphatic rings. The first kappa shape index (κ1) is 12.2. The number of pyridine rings is 1. The smallest absolute Gasteiger partial charge is 0.128 e. The molecule has 1 aliphatic heterocycles. The van der Waals surface area contributed by atoms with E-state index in [1.807, 2.05) is 6.07 Å². The molecule has 1 aromatic rings. The molecule has 1 aromatic heterocycles. The van der Waals surface area contributed by atoms with E-state index < -0.39 is 10.8 Å². The summed E-state index contributed by atoms with van der Waals surface area (Å²) in [6.07, 6.45) is 5.01. The van der Waals surface area contributed by atoms with E-state index in [0.29, 0.717) is 22.4 Å². The third-order valence-electron chi connectivity index (χ3n) is 2.86. The Morgan fingerprint density at radius 2 is 2.47 bits per heavy atom. The molecule has 0 unspecified atom stereocenters. The number of rotatable bonds is 3. The van der Waals surface area contributed by atoms with Crippen LogP contribution in [0.25, 0.3) is 0 Å².